The van der Waals surface area contributed by atoms with Crippen LogP contribution in [0.2, 0.25) is 0 Å². The Hall–Kier alpha value is -3.45. The highest BCUT2D eigenvalue weighted by Gasteiger charge is 2.30. The maximum atomic E-state index is 12.6. The monoisotopic (exact) mass is 400 g/mol. The van der Waals surface area contributed by atoms with Gasteiger partial charge in [0.2, 0.25) is 5.95 Å². The lowest BCUT2D eigenvalue weighted by Gasteiger charge is -2.17. The highest BCUT2D eigenvalue weighted by molar-refractivity contribution is 5.76. The molecule has 30 heavy (non-hydrogen) atoms. The van der Waals surface area contributed by atoms with Crippen molar-refractivity contribution in [3.63, 3.8) is 0 Å². The molecule has 4 aromatic rings. The maximum absolute atomic E-state index is 12.6. The van der Waals surface area contributed by atoms with Gasteiger partial charge in [0.05, 0.1) is 11.9 Å². The molecular weight excluding hydrogens is 376 g/mol. The third kappa shape index (κ3) is 3.59. The largest absolute Gasteiger partial charge is 0.351 e. The smallest absolute Gasteiger partial charge is 0.263 e. The summed E-state index contributed by atoms with van der Waals surface area (Å²) in [5.74, 6) is 0.928. The van der Waals surface area contributed by atoms with Crippen molar-refractivity contribution in [1.29, 1.82) is 0 Å². The molecular formula is C23H24N6O. The number of anilines is 1. The fourth-order valence-electron chi connectivity index (χ4n) is 4.15. The minimum Gasteiger partial charge on any atom is -0.351 e. The Balaban J connectivity index is 1.38. The summed E-state index contributed by atoms with van der Waals surface area (Å²) in [4.78, 5) is 22.6. The standard InChI is InChI=1S/C23H24N6O/c1-16-13-28(14-17-8-4-2-5-9-17)15-20(16)25-23-26-21-19(22(30)27-23)12-24-29(21)18-10-6-3-7-11-18/h2-12,16,20H,13-15H2,1H3,(H2,25,26,27,30). The zero-order valence-corrected chi connectivity index (χ0v) is 16.8. The van der Waals surface area contributed by atoms with Crippen LogP contribution >= 0.6 is 0 Å². The minimum atomic E-state index is -0.184. The van der Waals surface area contributed by atoms with Gasteiger partial charge >= 0.3 is 0 Å². The summed E-state index contributed by atoms with van der Waals surface area (Å²) >= 11 is 0. The number of rotatable bonds is 5. The van der Waals surface area contributed by atoms with Gasteiger partial charge in [-0.05, 0) is 23.6 Å². The molecule has 0 saturated carbocycles. The van der Waals surface area contributed by atoms with Crippen LogP contribution < -0.4 is 10.9 Å². The summed E-state index contributed by atoms with van der Waals surface area (Å²) in [6.07, 6.45) is 1.57. The first-order chi connectivity index (χ1) is 14.7. The summed E-state index contributed by atoms with van der Waals surface area (Å²) in [7, 11) is 0. The Kier molecular flexibility index (Phi) is 4.80. The van der Waals surface area contributed by atoms with E-state index >= 15 is 0 Å². The third-order valence-corrected chi connectivity index (χ3v) is 5.70. The first-order valence-corrected chi connectivity index (χ1v) is 10.2. The number of aromatic nitrogens is 4. The Morgan fingerprint density at radius 3 is 2.57 bits per heavy atom. The van der Waals surface area contributed by atoms with Gasteiger partial charge < -0.3 is 5.32 Å². The van der Waals surface area contributed by atoms with Crippen molar-refractivity contribution >= 4 is 17.0 Å². The maximum Gasteiger partial charge on any atom is 0.263 e. The molecule has 0 spiro atoms. The van der Waals surface area contributed by atoms with Crippen molar-refractivity contribution in [2.45, 2.75) is 19.5 Å². The van der Waals surface area contributed by atoms with E-state index in [0.717, 1.165) is 25.3 Å². The second kappa shape index (κ2) is 7.76. The predicted octanol–water partition coefficient (Wildman–Crippen LogP) is 3.04. The van der Waals surface area contributed by atoms with Gasteiger partial charge in [-0.2, -0.15) is 10.1 Å². The van der Waals surface area contributed by atoms with Crippen LogP contribution in [-0.2, 0) is 6.54 Å². The van der Waals surface area contributed by atoms with Crippen LogP contribution in [0.15, 0.2) is 71.7 Å². The van der Waals surface area contributed by atoms with Gasteiger partial charge in [-0.25, -0.2) is 4.68 Å². The van der Waals surface area contributed by atoms with Crippen LogP contribution in [0.3, 0.4) is 0 Å². The Bertz CT molecular complexity index is 1200. The zero-order valence-electron chi connectivity index (χ0n) is 16.8. The van der Waals surface area contributed by atoms with E-state index in [1.807, 2.05) is 36.4 Å². The van der Waals surface area contributed by atoms with Crippen LogP contribution in [0.1, 0.15) is 12.5 Å². The van der Waals surface area contributed by atoms with E-state index < -0.39 is 0 Å². The average Bonchev–Trinajstić information content (AvgIpc) is 3.33. The molecule has 1 saturated heterocycles. The molecule has 0 aliphatic carbocycles. The molecule has 3 heterocycles. The van der Waals surface area contributed by atoms with Crippen LogP contribution in [-0.4, -0.2) is 43.8 Å². The van der Waals surface area contributed by atoms with Gasteiger partial charge in [-0.1, -0.05) is 55.5 Å². The Morgan fingerprint density at radius 2 is 1.80 bits per heavy atom. The van der Waals surface area contributed by atoms with Crippen molar-refractivity contribution in [3.8, 4) is 5.69 Å². The number of hydrogen-bond donors (Lipinski definition) is 2. The second-order valence-electron chi connectivity index (χ2n) is 7.95. The average molecular weight is 400 g/mol. The molecule has 2 atom stereocenters. The van der Waals surface area contributed by atoms with Crippen molar-refractivity contribution < 1.29 is 0 Å². The van der Waals surface area contributed by atoms with Crippen LogP contribution in [0.25, 0.3) is 16.7 Å². The van der Waals surface area contributed by atoms with Gasteiger partial charge in [0.1, 0.15) is 5.39 Å². The molecule has 2 N–H and O–H groups in total. The molecule has 7 nitrogen and oxygen atoms in total. The lowest BCUT2D eigenvalue weighted by molar-refractivity contribution is 0.319. The van der Waals surface area contributed by atoms with Crippen molar-refractivity contribution in [2.24, 2.45) is 5.92 Å². The van der Waals surface area contributed by atoms with Crippen LogP contribution in [0, 0.1) is 5.92 Å². The third-order valence-electron chi connectivity index (χ3n) is 5.70. The van der Waals surface area contributed by atoms with E-state index in [9.17, 15) is 4.79 Å². The highest BCUT2D eigenvalue weighted by Crippen LogP contribution is 2.22. The summed E-state index contributed by atoms with van der Waals surface area (Å²) in [6.45, 7) is 5.05. The first kappa shape index (κ1) is 18.6. The molecule has 1 aliphatic rings. The summed E-state index contributed by atoms with van der Waals surface area (Å²) < 4.78 is 1.70. The molecule has 152 valence electrons. The van der Waals surface area contributed by atoms with Crippen molar-refractivity contribution in [3.05, 3.63) is 82.8 Å². The number of benzene rings is 2. The topological polar surface area (TPSA) is 78.8 Å². The highest BCUT2D eigenvalue weighted by atomic mass is 16.1. The minimum absolute atomic E-state index is 0.184. The Labute approximate surface area is 174 Å². The molecule has 7 heteroatoms. The van der Waals surface area contributed by atoms with Crippen molar-refractivity contribution in [1.82, 2.24) is 24.6 Å². The van der Waals surface area contributed by atoms with Gasteiger partial charge in [0, 0.05) is 25.7 Å². The molecule has 0 radical (unpaired) electrons. The fourth-order valence-corrected chi connectivity index (χ4v) is 4.15. The fraction of sp³-hybridized carbons (Fsp3) is 0.261. The molecule has 1 fully saturated rings. The number of nitrogens with one attached hydrogen (secondary N) is 2. The van der Waals surface area contributed by atoms with Crippen molar-refractivity contribution in [2.75, 3.05) is 18.4 Å². The van der Waals surface area contributed by atoms with E-state index in [2.05, 4.69) is 51.5 Å². The number of aromatic amines is 1. The van der Waals surface area contributed by atoms with E-state index in [0.29, 0.717) is 22.9 Å². The summed E-state index contributed by atoms with van der Waals surface area (Å²) in [5.41, 5.74) is 2.56. The predicted molar refractivity (Wildman–Crippen MR) is 118 cm³/mol. The van der Waals surface area contributed by atoms with Gasteiger partial charge in [0.25, 0.3) is 5.56 Å². The number of nitrogens with zero attached hydrogens (tertiary/aromatic N) is 4. The number of para-hydroxylation sites is 1. The number of fused-ring (bicyclic) bond motifs is 1. The normalized spacial score (nSPS) is 19.4. The van der Waals surface area contributed by atoms with Gasteiger partial charge in [-0.3, -0.25) is 14.7 Å². The lowest BCUT2D eigenvalue weighted by Crippen LogP contribution is -2.30. The SMILES string of the molecule is CC1CN(Cc2ccccc2)CC1Nc1nc2c(cnn2-c2ccccc2)c(=O)[nH]1. The van der Waals surface area contributed by atoms with E-state index in [4.69, 9.17) is 4.98 Å². The lowest BCUT2D eigenvalue weighted by atomic mass is 10.1. The van der Waals surface area contributed by atoms with Crippen LogP contribution in [0.5, 0.6) is 0 Å². The van der Waals surface area contributed by atoms with E-state index in [-0.39, 0.29) is 11.6 Å². The Morgan fingerprint density at radius 1 is 1.07 bits per heavy atom. The molecule has 0 amide bonds. The molecule has 2 unspecified atom stereocenters. The van der Waals surface area contributed by atoms with Gasteiger partial charge in [0.15, 0.2) is 5.65 Å². The number of hydrogen-bond acceptors (Lipinski definition) is 5. The first-order valence-electron chi connectivity index (χ1n) is 10.2. The summed E-state index contributed by atoms with van der Waals surface area (Å²) in [5, 5.41) is 8.31. The molecule has 5 rings (SSSR count). The van der Waals surface area contributed by atoms with E-state index in [1.54, 1.807) is 10.9 Å². The zero-order chi connectivity index (χ0) is 20.5. The van der Waals surface area contributed by atoms with Gasteiger partial charge in [-0.15, -0.1) is 0 Å². The molecule has 2 aromatic carbocycles. The number of likely N-dealkylation sites (tertiary alicyclic amines) is 1. The quantitative estimate of drug-likeness (QED) is 0.538. The van der Waals surface area contributed by atoms with E-state index in [1.165, 1.54) is 5.56 Å². The molecule has 0 bridgehead atoms. The molecule has 2 aromatic heterocycles. The number of H-pyrrole nitrogens is 1. The second-order valence-corrected chi connectivity index (χ2v) is 7.95. The molecule has 1 aliphatic heterocycles. The summed E-state index contributed by atoms with van der Waals surface area (Å²) in [6, 6.07) is 20.4. The van der Waals surface area contributed by atoms with Crippen LogP contribution in [0.4, 0.5) is 5.95 Å².